The van der Waals surface area contributed by atoms with Gasteiger partial charge in [0.15, 0.2) is 6.29 Å². The monoisotopic (exact) mass is 405 g/mol. The highest BCUT2D eigenvalue weighted by Gasteiger charge is 2.37. The second-order valence-electron chi connectivity index (χ2n) is 6.83. The Kier molecular flexibility index (Phi) is 4.82. The number of nitrogens with two attached hydrogens (primary N) is 1. The van der Waals surface area contributed by atoms with Gasteiger partial charge in [0.25, 0.3) is 17.4 Å². The molecule has 2 amide bonds. The maximum Gasteiger partial charge on any atom is 0.266 e. The van der Waals surface area contributed by atoms with Crippen molar-refractivity contribution in [3.8, 4) is 5.75 Å². The molecule has 0 bridgehead atoms. The minimum atomic E-state index is -0.976. The Labute approximate surface area is 170 Å². The number of hydrogen-bond donors (Lipinski definition) is 5. The van der Waals surface area contributed by atoms with Crippen LogP contribution in [0.25, 0.3) is 17.0 Å². The number of H-pyrrole nitrogens is 1. The van der Waals surface area contributed by atoms with Gasteiger partial charge in [-0.3, -0.25) is 25.1 Å². The van der Waals surface area contributed by atoms with Crippen molar-refractivity contribution < 1.29 is 14.7 Å². The van der Waals surface area contributed by atoms with Gasteiger partial charge in [0.2, 0.25) is 0 Å². The Hall–Kier alpha value is -3.95. The summed E-state index contributed by atoms with van der Waals surface area (Å²) in [6.07, 6.45) is 0.117. The molecule has 1 aliphatic rings. The number of amides is 2. The highest BCUT2D eigenvalue weighted by Crippen LogP contribution is 2.29. The number of fused-ring (bicyclic) bond motifs is 1. The first-order valence-corrected chi connectivity index (χ1v) is 9.14. The van der Waals surface area contributed by atoms with Crippen LogP contribution in [0.4, 0.5) is 5.69 Å². The Balaban J connectivity index is 1.86. The summed E-state index contributed by atoms with van der Waals surface area (Å²) < 4.78 is 0. The van der Waals surface area contributed by atoms with Gasteiger partial charge in [-0.25, -0.2) is 5.43 Å². The van der Waals surface area contributed by atoms with E-state index in [1.165, 1.54) is 4.90 Å². The molecule has 0 aliphatic carbocycles. The number of hydrogen-bond acceptors (Lipinski definition) is 6. The van der Waals surface area contributed by atoms with Crippen molar-refractivity contribution >= 4 is 34.5 Å². The molecule has 1 saturated heterocycles. The average Bonchev–Trinajstić information content (AvgIpc) is 2.74. The van der Waals surface area contributed by atoms with E-state index in [-0.39, 0.29) is 16.9 Å². The van der Waals surface area contributed by atoms with Crippen molar-refractivity contribution in [2.45, 2.75) is 13.2 Å². The number of aromatic amines is 1. The summed E-state index contributed by atoms with van der Waals surface area (Å²) in [5.41, 5.74) is 3.02. The first-order valence-electron chi connectivity index (χ1n) is 9.14. The molecule has 1 aliphatic heterocycles. The minimum absolute atomic E-state index is 0.182. The molecule has 2 aromatic carbocycles. The van der Waals surface area contributed by atoms with Crippen LogP contribution in [0.1, 0.15) is 11.1 Å². The van der Waals surface area contributed by atoms with Crippen molar-refractivity contribution in [2.24, 2.45) is 5.84 Å². The highest BCUT2D eigenvalue weighted by molar-refractivity contribution is 6.28. The number of aromatic nitrogens is 1. The maximum absolute atomic E-state index is 13.2. The minimum Gasteiger partial charge on any atom is -0.506 e. The SMILES string of the molecule is Cc1cccc2c(O)c(/C=C3\C(=O)NC(NN)N(c4ccccc4)C3=O)c(=O)[nH]c12. The molecule has 0 radical (unpaired) electrons. The van der Waals surface area contributed by atoms with Crippen molar-refractivity contribution in [3.63, 3.8) is 0 Å². The zero-order valence-corrected chi connectivity index (χ0v) is 16.0. The number of nitrogens with zero attached hydrogens (tertiary/aromatic N) is 1. The number of nitrogens with one attached hydrogen (secondary N) is 3. The van der Waals surface area contributed by atoms with Gasteiger partial charge in [-0.2, -0.15) is 0 Å². The predicted octanol–water partition coefficient (Wildman–Crippen LogP) is 0.835. The summed E-state index contributed by atoms with van der Waals surface area (Å²) in [7, 11) is 0. The van der Waals surface area contributed by atoms with Crippen LogP contribution in [0, 0.1) is 6.92 Å². The van der Waals surface area contributed by atoms with E-state index in [0.717, 1.165) is 11.6 Å². The molecule has 30 heavy (non-hydrogen) atoms. The second-order valence-corrected chi connectivity index (χ2v) is 6.83. The lowest BCUT2D eigenvalue weighted by molar-refractivity contribution is -0.126. The number of pyridine rings is 1. The lowest BCUT2D eigenvalue weighted by atomic mass is 10.0. The van der Waals surface area contributed by atoms with Crippen molar-refractivity contribution in [1.82, 2.24) is 15.7 Å². The predicted molar refractivity (Wildman–Crippen MR) is 112 cm³/mol. The molecule has 1 unspecified atom stereocenters. The Morgan fingerprint density at radius 2 is 1.83 bits per heavy atom. The number of aryl methyl sites for hydroxylation is 1. The van der Waals surface area contributed by atoms with Crippen LogP contribution < -0.4 is 27.0 Å². The number of benzene rings is 2. The molecule has 9 heteroatoms. The smallest absolute Gasteiger partial charge is 0.266 e. The maximum atomic E-state index is 13.2. The molecular weight excluding hydrogens is 386 g/mol. The van der Waals surface area contributed by atoms with Crippen LogP contribution in [0.3, 0.4) is 0 Å². The molecule has 2 heterocycles. The van der Waals surface area contributed by atoms with Gasteiger partial charge >= 0.3 is 0 Å². The molecule has 3 aromatic rings. The molecule has 0 saturated carbocycles. The molecule has 0 spiro atoms. The van der Waals surface area contributed by atoms with Gasteiger partial charge in [0, 0.05) is 11.1 Å². The van der Waals surface area contributed by atoms with Crippen LogP contribution in [0.15, 0.2) is 58.9 Å². The summed E-state index contributed by atoms with van der Waals surface area (Å²) in [6, 6.07) is 13.8. The largest absolute Gasteiger partial charge is 0.506 e. The van der Waals surface area contributed by atoms with Crippen molar-refractivity contribution in [1.29, 1.82) is 0 Å². The van der Waals surface area contributed by atoms with Gasteiger partial charge in [0.05, 0.1) is 11.1 Å². The Bertz CT molecular complexity index is 1250. The van der Waals surface area contributed by atoms with Gasteiger partial charge in [-0.1, -0.05) is 30.3 Å². The summed E-state index contributed by atoms with van der Waals surface area (Å²) in [4.78, 5) is 42.3. The molecule has 1 aromatic heterocycles. The van der Waals surface area contributed by atoms with E-state index in [4.69, 9.17) is 5.84 Å². The standard InChI is InChI=1S/C21H19N5O4/c1-11-6-5-9-13-16(11)23-18(28)14(17(13)27)10-15-19(29)24-21(25-22)26(20(15)30)12-7-3-2-4-8-12/h2-10,21,25H,22H2,1H3,(H,24,29)(H2,23,27,28)/b15-10+. The van der Waals surface area contributed by atoms with Crippen molar-refractivity contribution in [3.05, 3.63) is 75.6 Å². The van der Waals surface area contributed by atoms with Crippen LogP contribution in [0.2, 0.25) is 0 Å². The fraction of sp³-hybridized carbons (Fsp3) is 0.0952. The number of para-hydroxylation sites is 2. The third kappa shape index (κ3) is 3.11. The lowest BCUT2D eigenvalue weighted by Gasteiger charge is -2.36. The van der Waals surface area contributed by atoms with Crippen LogP contribution in [-0.4, -0.2) is 28.2 Å². The topological polar surface area (TPSA) is 141 Å². The van der Waals surface area contributed by atoms with Crippen LogP contribution in [-0.2, 0) is 9.59 Å². The van der Waals surface area contributed by atoms with Gasteiger partial charge in [-0.05, 0) is 36.8 Å². The molecular formula is C21H19N5O4. The van der Waals surface area contributed by atoms with E-state index in [2.05, 4.69) is 15.7 Å². The normalized spacial score (nSPS) is 18.1. The summed E-state index contributed by atoms with van der Waals surface area (Å²) in [6.45, 7) is 1.80. The zero-order chi connectivity index (χ0) is 21.4. The fourth-order valence-electron chi connectivity index (χ4n) is 3.45. The molecule has 152 valence electrons. The van der Waals surface area contributed by atoms with E-state index in [0.29, 0.717) is 16.6 Å². The summed E-state index contributed by atoms with van der Waals surface area (Å²) >= 11 is 0. The zero-order valence-electron chi connectivity index (χ0n) is 16.0. The molecule has 4 rings (SSSR count). The van der Waals surface area contributed by atoms with E-state index < -0.39 is 23.7 Å². The van der Waals surface area contributed by atoms with E-state index in [1.807, 2.05) is 0 Å². The van der Waals surface area contributed by atoms with E-state index >= 15 is 0 Å². The Morgan fingerprint density at radius 1 is 1.10 bits per heavy atom. The van der Waals surface area contributed by atoms with Crippen molar-refractivity contribution in [2.75, 3.05) is 4.90 Å². The summed E-state index contributed by atoms with van der Waals surface area (Å²) in [5.74, 6) is 3.80. The third-order valence-corrected chi connectivity index (χ3v) is 4.97. The fourth-order valence-corrected chi connectivity index (χ4v) is 3.45. The molecule has 1 fully saturated rings. The van der Waals surface area contributed by atoms with Gasteiger partial charge in [0.1, 0.15) is 11.3 Å². The first-order chi connectivity index (χ1) is 14.4. The van der Waals surface area contributed by atoms with E-state index in [9.17, 15) is 19.5 Å². The number of rotatable bonds is 3. The average molecular weight is 405 g/mol. The molecule has 6 N–H and O–H groups in total. The number of carbonyl (C=O) groups excluding carboxylic acids is 2. The van der Waals surface area contributed by atoms with E-state index in [1.54, 1.807) is 55.5 Å². The highest BCUT2D eigenvalue weighted by atomic mass is 16.3. The van der Waals surface area contributed by atoms with Gasteiger partial charge < -0.3 is 15.4 Å². The number of carbonyl (C=O) groups is 2. The summed E-state index contributed by atoms with van der Waals surface area (Å²) in [5, 5.41) is 13.7. The Morgan fingerprint density at radius 3 is 2.53 bits per heavy atom. The van der Waals surface area contributed by atoms with Crippen LogP contribution in [0.5, 0.6) is 5.75 Å². The van der Waals surface area contributed by atoms with Gasteiger partial charge in [-0.15, -0.1) is 0 Å². The quantitative estimate of drug-likeness (QED) is 0.189. The third-order valence-electron chi connectivity index (χ3n) is 4.97. The lowest BCUT2D eigenvalue weighted by Crippen LogP contribution is -2.66. The number of aromatic hydroxyl groups is 1. The first kappa shape index (κ1) is 19.4. The second kappa shape index (κ2) is 7.47. The molecule has 1 atom stereocenters. The van der Waals surface area contributed by atoms with Crippen LogP contribution >= 0.6 is 0 Å². The molecule has 9 nitrogen and oxygen atoms in total. The number of anilines is 1. The number of hydrazine groups is 1.